The lowest BCUT2D eigenvalue weighted by Gasteiger charge is -2.26. The van der Waals surface area contributed by atoms with Gasteiger partial charge in [-0.2, -0.15) is 0 Å². The normalized spacial score (nSPS) is 15.8. The van der Waals surface area contributed by atoms with Gasteiger partial charge in [-0.25, -0.2) is 9.07 Å². The molecule has 0 radical (unpaired) electrons. The first-order valence-electron chi connectivity index (χ1n) is 9.09. The molecule has 2 aromatic carbocycles. The summed E-state index contributed by atoms with van der Waals surface area (Å²) in [6, 6.07) is 14.5. The van der Waals surface area contributed by atoms with Crippen molar-refractivity contribution in [2.45, 2.75) is 30.5 Å². The number of nitrogens with one attached hydrogen (secondary N) is 1. The molecule has 0 spiro atoms. The van der Waals surface area contributed by atoms with Gasteiger partial charge in [0.2, 0.25) is 11.1 Å². The number of fused-ring (bicyclic) bond motifs is 1. The number of carbonyl (C=O) groups is 1. The number of thioether (sulfide) groups is 1. The number of rotatable bonds is 5. The monoisotopic (exact) mass is 397 g/mol. The highest BCUT2D eigenvalue weighted by molar-refractivity contribution is 7.99. The van der Waals surface area contributed by atoms with E-state index in [0.717, 1.165) is 19.3 Å². The van der Waals surface area contributed by atoms with Crippen LogP contribution in [0.2, 0.25) is 0 Å². The first kappa shape index (κ1) is 18.5. The number of halogens is 1. The zero-order valence-corrected chi connectivity index (χ0v) is 16.0. The molecule has 0 saturated heterocycles. The van der Waals surface area contributed by atoms with Gasteiger partial charge < -0.3 is 11.2 Å². The van der Waals surface area contributed by atoms with Gasteiger partial charge in [0.1, 0.15) is 5.82 Å². The van der Waals surface area contributed by atoms with Gasteiger partial charge in [0, 0.05) is 0 Å². The second-order valence-corrected chi connectivity index (χ2v) is 7.60. The minimum atomic E-state index is -0.424. The summed E-state index contributed by atoms with van der Waals surface area (Å²) >= 11 is 1.18. The smallest absolute Gasteiger partial charge is 0.230 e. The van der Waals surface area contributed by atoms with Crippen molar-refractivity contribution in [3.05, 3.63) is 65.5 Å². The maximum Gasteiger partial charge on any atom is 0.230 e. The lowest BCUT2D eigenvalue weighted by molar-refractivity contribution is -0.119. The summed E-state index contributed by atoms with van der Waals surface area (Å²) in [6.45, 7) is 0. The van der Waals surface area contributed by atoms with Gasteiger partial charge >= 0.3 is 0 Å². The summed E-state index contributed by atoms with van der Waals surface area (Å²) in [6.07, 6.45) is 3.03. The van der Waals surface area contributed by atoms with Crippen molar-refractivity contribution in [2.75, 3.05) is 11.6 Å². The Morgan fingerprint density at radius 2 is 2.00 bits per heavy atom. The van der Waals surface area contributed by atoms with Crippen LogP contribution in [0.3, 0.4) is 0 Å². The Kier molecular flexibility index (Phi) is 5.29. The molecular formula is C20H20FN5OS. The van der Waals surface area contributed by atoms with Crippen LogP contribution in [0.15, 0.2) is 53.7 Å². The largest absolute Gasteiger partial charge is 0.349 e. The number of nitrogen functional groups attached to an aromatic ring is 1. The van der Waals surface area contributed by atoms with Crippen LogP contribution in [0.4, 0.5) is 4.39 Å². The number of hydrogen-bond acceptors (Lipinski definition) is 5. The van der Waals surface area contributed by atoms with Crippen LogP contribution in [-0.4, -0.2) is 26.5 Å². The summed E-state index contributed by atoms with van der Waals surface area (Å²) in [4.78, 5) is 12.4. The SMILES string of the molecule is Nn1c(SCC(=O)N[C@H]2CCCc3ccccc32)nnc1-c1ccccc1F. The van der Waals surface area contributed by atoms with E-state index in [1.54, 1.807) is 18.2 Å². The lowest BCUT2D eigenvalue weighted by atomic mass is 9.88. The lowest BCUT2D eigenvalue weighted by Crippen LogP contribution is -2.32. The third-order valence-corrected chi connectivity index (χ3v) is 5.76. The molecule has 1 aliphatic rings. The summed E-state index contributed by atoms with van der Waals surface area (Å²) in [5.41, 5.74) is 2.76. The van der Waals surface area contributed by atoms with Crippen molar-refractivity contribution in [1.82, 2.24) is 20.2 Å². The van der Waals surface area contributed by atoms with Crippen molar-refractivity contribution in [3.8, 4) is 11.4 Å². The standard InChI is InChI=1S/C20H20FN5OS/c21-16-10-4-3-9-15(16)19-24-25-20(26(19)22)28-12-18(27)23-17-11-5-7-13-6-1-2-8-14(13)17/h1-4,6,8-10,17H,5,7,11-12,22H2,(H,23,27)/t17-/m0/s1. The summed E-state index contributed by atoms with van der Waals surface area (Å²) < 4.78 is 15.2. The van der Waals surface area contributed by atoms with Crippen LogP contribution in [0.1, 0.15) is 30.0 Å². The quantitative estimate of drug-likeness (QED) is 0.510. The van der Waals surface area contributed by atoms with Gasteiger partial charge in [0.05, 0.1) is 17.4 Å². The number of carbonyl (C=O) groups excluding carboxylic acids is 1. The van der Waals surface area contributed by atoms with Crippen LogP contribution in [0, 0.1) is 5.82 Å². The predicted molar refractivity (Wildman–Crippen MR) is 107 cm³/mol. The molecule has 3 N–H and O–H groups in total. The van der Waals surface area contributed by atoms with E-state index in [1.165, 1.54) is 33.6 Å². The highest BCUT2D eigenvalue weighted by atomic mass is 32.2. The molecule has 6 nitrogen and oxygen atoms in total. The fourth-order valence-corrected chi connectivity index (χ4v) is 4.14. The molecule has 1 heterocycles. The molecule has 1 atom stereocenters. The van der Waals surface area contributed by atoms with E-state index < -0.39 is 5.82 Å². The molecule has 0 fully saturated rings. The molecule has 1 aromatic heterocycles. The minimum Gasteiger partial charge on any atom is -0.349 e. The van der Waals surface area contributed by atoms with E-state index in [2.05, 4.69) is 27.6 Å². The molecule has 1 amide bonds. The Hall–Kier alpha value is -2.87. The van der Waals surface area contributed by atoms with Crippen molar-refractivity contribution >= 4 is 17.7 Å². The van der Waals surface area contributed by atoms with Gasteiger partial charge in [-0.1, -0.05) is 48.2 Å². The number of aromatic nitrogens is 3. The van der Waals surface area contributed by atoms with E-state index in [9.17, 15) is 9.18 Å². The summed E-state index contributed by atoms with van der Waals surface area (Å²) in [5, 5.41) is 11.4. The van der Waals surface area contributed by atoms with Crippen molar-refractivity contribution in [1.29, 1.82) is 0 Å². The van der Waals surface area contributed by atoms with E-state index >= 15 is 0 Å². The fourth-order valence-electron chi connectivity index (χ4n) is 3.47. The molecule has 0 saturated carbocycles. The Labute approximate surface area is 166 Å². The van der Waals surface area contributed by atoms with Crippen molar-refractivity contribution in [3.63, 3.8) is 0 Å². The highest BCUT2D eigenvalue weighted by Crippen LogP contribution is 2.30. The summed E-state index contributed by atoms with van der Waals surface area (Å²) in [5.74, 6) is 5.87. The second kappa shape index (κ2) is 8.02. The van der Waals surface area contributed by atoms with Crippen molar-refractivity contribution < 1.29 is 9.18 Å². The molecule has 1 aliphatic carbocycles. The zero-order chi connectivity index (χ0) is 19.5. The van der Waals surface area contributed by atoms with Gasteiger partial charge in [-0.3, -0.25) is 4.79 Å². The van der Waals surface area contributed by atoms with Gasteiger partial charge in [-0.05, 0) is 42.5 Å². The molecule has 8 heteroatoms. The van der Waals surface area contributed by atoms with Crippen LogP contribution in [0.5, 0.6) is 0 Å². The van der Waals surface area contributed by atoms with Crippen LogP contribution in [0.25, 0.3) is 11.4 Å². The van der Waals surface area contributed by atoms with E-state index in [-0.39, 0.29) is 29.1 Å². The van der Waals surface area contributed by atoms with E-state index in [0.29, 0.717) is 5.16 Å². The number of hydrogen-bond donors (Lipinski definition) is 2. The number of benzene rings is 2. The highest BCUT2D eigenvalue weighted by Gasteiger charge is 2.22. The maximum absolute atomic E-state index is 14.0. The van der Waals surface area contributed by atoms with Crippen LogP contribution < -0.4 is 11.2 Å². The molecule has 0 bridgehead atoms. The van der Waals surface area contributed by atoms with Gasteiger partial charge in [0.15, 0.2) is 5.82 Å². The molecule has 4 rings (SSSR count). The molecular weight excluding hydrogens is 377 g/mol. The summed E-state index contributed by atoms with van der Waals surface area (Å²) in [7, 11) is 0. The van der Waals surface area contributed by atoms with Crippen LogP contribution >= 0.6 is 11.8 Å². The molecule has 3 aromatic rings. The van der Waals surface area contributed by atoms with Crippen molar-refractivity contribution in [2.24, 2.45) is 0 Å². The first-order valence-corrected chi connectivity index (χ1v) is 10.1. The van der Waals surface area contributed by atoms with E-state index in [1.807, 2.05) is 12.1 Å². The maximum atomic E-state index is 14.0. The predicted octanol–water partition coefficient (Wildman–Crippen LogP) is 3.08. The molecule has 28 heavy (non-hydrogen) atoms. The Bertz CT molecular complexity index is 1010. The Morgan fingerprint density at radius 1 is 1.21 bits per heavy atom. The fraction of sp³-hybridized carbons (Fsp3) is 0.250. The number of aryl methyl sites for hydroxylation is 1. The van der Waals surface area contributed by atoms with Crippen LogP contribution in [-0.2, 0) is 11.2 Å². The van der Waals surface area contributed by atoms with Gasteiger partial charge in [0.25, 0.3) is 0 Å². The minimum absolute atomic E-state index is 0.0303. The average molecular weight is 397 g/mol. The topological polar surface area (TPSA) is 85.8 Å². The van der Waals surface area contributed by atoms with E-state index in [4.69, 9.17) is 5.84 Å². The molecule has 144 valence electrons. The molecule has 0 aliphatic heterocycles. The zero-order valence-electron chi connectivity index (χ0n) is 15.1. The van der Waals surface area contributed by atoms with Gasteiger partial charge in [-0.15, -0.1) is 10.2 Å². The number of nitrogens with two attached hydrogens (primary N) is 1. The third kappa shape index (κ3) is 3.73. The average Bonchev–Trinajstić information content (AvgIpc) is 3.07. The Balaban J connectivity index is 1.41. The number of amides is 1. The second-order valence-electron chi connectivity index (χ2n) is 6.66. The third-order valence-electron chi connectivity index (χ3n) is 4.82. The Morgan fingerprint density at radius 3 is 2.86 bits per heavy atom. The molecule has 0 unspecified atom stereocenters. The number of nitrogens with zero attached hydrogens (tertiary/aromatic N) is 3. The first-order chi connectivity index (χ1) is 13.6.